The first-order valence-corrected chi connectivity index (χ1v) is 10.5. The summed E-state index contributed by atoms with van der Waals surface area (Å²) in [5.41, 5.74) is 0.810. The van der Waals surface area contributed by atoms with E-state index in [2.05, 4.69) is 32.7 Å². The minimum absolute atomic E-state index is 0.288. The number of piperidine rings is 1. The molecule has 4 aliphatic rings. The van der Waals surface area contributed by atoms with Gasteiger partial charge < -0.3 is 4.90 Å². The molecule has 0 spiro atoms. The molecule has 0 aromatic rings. The van der Waals surface area contributed by atoms with Crippen LogP contribution in [0, 0.1) is 40.4 Å². The number of nitrogens with zero attached hydrogens (tertiary/aromatic N) is 1. The number of hydrogen-bond acceptors (Lipinski definition) is 2. The topological polar surface area (TPSA) is 20.3 Å². The number of ketones is 1. The molecule has 0 bridgehead atoms. The maximum absolute atomic E-state index is 12.4. The first kappa shape index (κ1) is 17.1. The highest BCUT2D eigenvalue weighted by molar-refractivity contribution is 5.80. The fourth-order valence-corrected chi connectivity index (χ4v) is 8.61. The molecule has 3 aliphatic carbocycles. The van der Waals surface area contributed by atoms with Gasteiger partial charge in [0.05, 0.1) is 0 Å². The van der Waals surface area contributed by atoms with Gasteiger partial charge in [0.1, 0.15) is 5.78 Å². The van der Waals surface area contributed by atoms with Gasteiger partial charge >= 0.3 is 0 Å². The molecule has 2 nitrogen and oxygen atoms in total. The van der Waals surface area contributed by atoms with Gasteiger partial charge in [-0.3, -0.25) is 4.79 Å². The number of Topliss-reactive ketones (excluding diaryl/α,β-unsaturated/α-hetero) is 1. The van der Waals surface area contributed by atoms with Gasteiger partial charge in [0.2, 0.25) is 0 Å². The van der Waals surface area contributed by atoms with Crippen LogP contribution in [0.3, 0.4) is 0 Å². The summed E-state index contributed by atoms with van der Waals surface area (Å²) in [4.78, 5) is 15.1. The average molecular weight is 332 g/mol. The number of fused-ring (bicyclic) bond motifs is 5. The predicted molar refractivity (Wildman–Crippen MR) is 98.8 cm³/mol. The Morgan fingerprint density at radius 1 is 1.04 bits per heavy atom. The Labute approximate surface area is 148 Å². The van der Waals surface area contributed by atoms with Crippen LogP contribution in [0.4, 0.5) is 0 Å². The first-order valence-electron chi connectivity index (χ1n) is 10.5. The molecule has 0 aromatic carbocycles. The summed E-state index contributed by atoms with van der Waals surface area (Å²) < 4.78 is 0. The third-order valence-corrected chi connectivity index (χ3v) is 9.36. The molecule has 0 N–H and O–H groups in total. The van der Waals surface area contributed by atoms with E-state index in [0.717, 1.165) is 23.8 Å². The Bertz CT molecular complexity index is 530. The van der Waals surface area contributed by atoms with Crippen LogP contribution >= 0.6 is 0 Å². The third kappa shape index (κ3) is 2.14. The van der Waals surface area contributed by atoms with E-state index < -0.39 is 0 Å². The molecule has 1 heterocycles. The molecule has 0 amide bonds. The largest absolute Gasteiger partial charge is 0.303 e. The van der Waals surface area contributed by atoms with Crippen molar-refractivity contribution in [2.45, 2.75) is 78.7 Å². The second-order valence-electron chi connectivity index (χ2n) is 10.4. The van der Waals surface area contributed by atoms with E-state index in [4.69, 9.17) is 0 Å². The van der Waals surface area contributed by atoms with Crippen LogP contribution in [0.25, 0.3) is 0 Å². The summed E-state index contributed by atoms with van der Waals surface area (Å²) in [6.45, 7) is 10.6. The van der Waals surface area contributed by atoms with Crippen LogP contribution in [0.1, 0.15) is 72.6 Å². The lowest BCUT2D eigenvalue weighted by molar-refractivity contribution is -0.137. The quantitative estimate of drug-likeness (QED) is 0.689. The van der Waals surface area contributed by atoms with Gasteiger partial charge in [0.15, 0.2) is 0 Å². The van der Waals surface area contributed by atoms with Gasteiger partial charge in [-0.05, 0) is 100.0 Å². The molecule has 136 valence electrons. The maximum Gasteiger partial charge on any atom is 0.133 e. The second kappa shape index (κ2) is 5.56. The number of carbonyl (C=O) groups excluding carboxylic acids is 1. The zero-order chi connectivity index (χ0) is 17.3. The summed E-state index contributed by atoms with van der Waals surface area (Å²) in [5, 5.41) is 0. The van der Waals surface area contributed by atoms with Gasteiger partial charge in [0.25, 0.3) is 0 Å². The number of hydrogen-bond donors (Lipinski definition) is 0. The molecule has 4 fully saturated rings. The average Bonchev–Trinajstić information content (AvgIpc) is 2.77. The predicted octanol–water partition coefficient (Wildman–Crippen LogP) is 4.77. The number of rotatable bonds is 1. The first-order chi connectivity index (χ1) is 11.3. The van der Waals surface area contributed by atoms with E-state index in [9.17, 15) is 4.79 Å². The van der Waals surface area contributed by atoms with Crippen molar-refractivity contribution in [1.82, 2.24) is 4.90 Å². The monoisotopic (exact) mass is 331 g/mol. The van der Waals surface area contributed by atoms with Crippen LogP contribution in [0.5, 0.6) is 0 Å². The molecule has 3 saturated carbocycles. The number of likely N-dealkylation sites (tertiary alicyclic amines) is 1. The smallest absolute Gasteiger partial charge is 0.133 e. The van der Waals surface area contributed by atoms with E-state index >= 15 is 0 Å². The fourth-order valence-electron chi connectivity index (χ4n) is 8.61. The van der Waals surface area contributed by atoms with Crippen LogP contribution in [0.2, 0.25) is 0 Å². The molecule has 24 heavy (non-hydrogen) atoms. The zero-order valence-corrected chi connectivity index (χ0v) is 16.5. The molecular formula is C22H37NO. The maximum atomic E-state index is 12.4. The van der Waals surface area contributed by atoms with Crippen molar-refractivity contribution in [3.05, 3.63) is 0 Å². The van der Waals surface area contributed by atoms with Crippen molar-refractivity contribution in [1.29, 1.82) is 0 Å². The minimum atomic E-state index is 0.288. The molecule has 2 heteroatoms. The van der Waals surface area contributed by atoms with Crippen molar-refractivity contribution in [2.24, 2.45) is 40.4 Å². The number of carbonyl (C=O) groups is 1. The zero-order valence-electron chi connectivity index (χ0n) is 16.5. The molecule has 4 rings (SSSR count). The van der Waals surface area contributed by atoms with E-state index in [1.54, 1.807) is 0 Å². The van der Waals surface area contributed by atoms with Crippen molar-refractivity contribution in [3.8, 4) is 0 Å². The van der Waals surface area contributed by atoms with E-state index in [1.165, 1.54) is 51.5 Å². The van der Waals surface area contributed by atoms with E-state index in [-0.39, 0.29) is 5.41 Å². The molecule has 0 radical (unpaired) electrons. The Kier molecular flexibility index (Phi) is 3.95. The summed E-state index contributed by atoms with van der Waals surface area (Å²) in [6.07, 6.45) is 9.57. The van der Waals surface area contributed by atoms with Crippen molar-refractivity contribution >= 4 is 5.78 Å². The summed E-state index contributed by atoms with van der Waals surface area (Å²) in [5.74, 6) is 3.95. The molecule has 7 unspecified atom stereocenters. The normalized spacial score (nSPS) is 54.7. The SMILES string of the molecule is CC(=O)C1[C@@H](C)CC2C3CCC4N(C)CCCC4(C)C3CCC21C. The lowest BCUT2D eigenvalue weighted by Gasteiger charge is -2.62. The van der Waals surface area contributed by atoms with Gasteiger partial charge in [0, 0.05) is 12.0 Å². The van der Waals surface area contributed by atoms with Crippen LogP contribution in [0.15, 0.2) is 0 Å². The van der Waals surface area contributed by atoms with Crippen LogP contribution < -0.4 is 0 Å². The Hall–Kier alpha value is -0.370. The van der Waals surface area contributed by atoms with Gasteiger partial charge in [-0.1, -0.05) is 20.8 Å². The van der Waals surface area contributed by atoms with Gasteiger partial charge in [-0.2, -0.15) is 0 Å². The third-order valence-electron chi connectivity index (χ3n) is 9.36. The molecule has 8 atom stereocenters. The highest BCUT2D eigenvalue weighted by Gasteiger charge is 2.62. The summed E-state index contributed by atoms with van der Waals surface area (Å²) >= 11 is 0. The summed E-state index contributed by atoms with van der Waals surface area (Å²) in [6, 6.07) is 0.805. The van der Waals surface area contributed by atoms with Crippen molar-refractivity contribution in [3.63, 3.8) is 0 Å². The van der Waals surface area contributed by atoms with Gasteiger partial charge in [-0.15, -0.1) is 0 Å². The highest BCUT2D eigenvalue weighted by atomic mass is 16.1. The summed E-state index contributed by atoms with van der Waals surface area (Å²) in [7, 11) is 2.36. The second-order valence-corrected chi connectivity index (χ2v) is 10.4. The van der Waals surface area contributed by atoms with Crippen LogP contribution in [-0.4, -0.2) is 30.3 Å². The fraction of sp³-hybridized carbons (Fsp3) is 0.955. The van der Waals surface area contributed by atoms with E-state index in [1.807, 2.05) is 6.92 Å². The Morgan fingerprint density at radius 2 is 1.79 bits per heavy atom. The highest BCUT2D eigenvalue weighted by Crippen LogP contribution is 2.67. The molecule has 0 aromatic heterocycles. The van der Waals surface area contributed by atoms with Crippen LogP contribution in [-0.2, 0) is 4.79 Å². The Balaban J connectivity index is 1.66. The van der Waals surface area contributed by atoms with E-state index in [0.29, 0.717) is 23.0 Å². The van der Waals surface area contributed by atoms with Crippen molar-refractivity contribution < 1.29 is 4.79 Å². The molecule has 1 aliphatic heterocycles. The standard InChI is InChI=1S/C22H37NO/c1-14-13-18-16-7-8-19-21(3,10-6-12-23(19)5)17(16)9-11-22(18,4)20(14)15(2)24/h14,16-20H,6-13H2,1-5H3/t14-,16?,17?,18?,19?,20?,21?,22?/m0/s1. The lowest BCUT2D eigenvalue weighted by Crippen LogP contribution is -2.60. The minimum Gasteiger partial charge on any atom is -0.303 e. The Morgan fingerprint density at radius 3 is 2.50 bits per heavy atom. The van der Waals surface area contributed by atoms with Crippen molar-refractivity contribution in [2.75, 3.05) is 13.6 Å². The lowest BCUT2D eigenvalue weighted by atomic mass is 9.46. The molecule has 1 saturated heterocycles. The molecular weight excluding hydrogens is 294 g/mol. The van der Waals surface area contributed by atoms with Gasteiger partial charge in [-0.25, -0.2) is 0 Å².